The molecule has 0 aliphatic heterocycles. The zero-order valence-electron chi connectivity index (χ0n) is 15.2. The number of carbonyl (C=O) groups excluding carboxylic acids is 1. The average Bonchev–Trinajstić information content (AvgIpc) is 2.54. The van der Waals surface area contributed by atoms with E-state index < -0.39 is 10.0 Å². The molecule has 0 saturated carbocycles. The van der Waals surface area contributed by atoms with Crippen molar-refractivity contribution in [3.63, 3.8) is 0 Å². The van der Waals surface area contributed by atoms with Gasteiger partial charge in [-0.3, -0.25) is 9.10 Å². The van der Waals surface area contributed by atoms with E-state index in [9.17, 15) is 13.2 Å². The maximum atomic E-state index is 12.5. The Bertz CT molecular complexity index is 872. The number of hydrogen-bond donors (Lipinski definition) is 1. The van der Waals surface area contributed by atoms with Gasteiger partial charge in [0, 0.05) is 18.3 Å². The Labute approximate surface area is 149 Å². The monoisotopic (exact) mass is 360 g/mol. The van der Waals surface area contributed by atoms with Gasteiger partial charge in [0.25, 0.3) is 5.91 Å². The van der Waals surface area contributed by atoms with E-state index in [-0.39, 0.29) is 5.91 Å². The van der Waals surface area contributed by atoms with Crippen LogP contribution in [0.25, 0.3) is 0 Å². The Morgan fingerprint density at radius 3 is 2.20 bits per heavy atom. The molecule has 0 atom stereocenters. The van der Waals surface area contributed by atoms with Gasteiger partial charge in [-0.25, -0.2) is 8.42 Å². The van der Waals surface area contributed by atoms with Crippen molar-refractivity contribution in [1.29, 1.82) is 0 Å². The fraction of sp³-hybridized carbons (Fsp3) is 0.316. The summed E-state index contributed by atoms with van der Waals surface area (Å²) in [7, 11) is -1.91. The van der Waals surface area contributed by atoms with Crippen LogP contribution in [-0.2, 0) is 10.0 Å². The number of anilines is 2. The van der Waals surface area contributed by atoms with Gasteiger partial charge in [-0.15, -0.1) is 0 Å². The topological polar surface area (TPSA) is 66.5 Å². The van der Waals surface area contributed by atoms with Gasteiger partial charge < -0.3 is 5.32 Å². The van der Waals surface area contributed by atoms with Gasteiger partial charge in [-0.1, -0.05) is 32.0 Å². The van der Waals surface area contributed by atoms with Crippen LogP contribution in [0.5, 0.6) is 0 Å². The number of carbonyl (C=O) groups is 1. The zero-order chi connectivity index (χ0) is 18.8. The Morgan fingerprint density at radius 1 is 1.08 bits per heavy atom. The van der Waals surface area contributed by atoms with Crippen LogP contribution in [0.2, 0.25) is 0 Å². The standard InChI is InChI=1S/C19H24N2O3S/c1-13(2)15-8-10-17(11-9-15)20-19(22)16-7-6-14(3)18(12-16)21(4)25(5,23)24/h6-13H,1-5H3,(H,20,22). The molecule has 2 aromatic carbocycles. The molecule has 0 spiro atoms. The summed E-state index contributed by atoms with van der Waals surface area (Å²) in [6, 6.07) is 12.7. The Balaban J connectivity index is 2.25. The minimum atomic E-state index is -3.39. The second-order valence-corrected chi connectivity index (χ2v) is 8.48. The lowest BCUT2D eigenvalue weighted by molar-refractivity contribution is 0.102. The quantitative estimate of drug-likeness (QED) is 0.883. The highest BCUT2D eigenvalue weighted by Crippen LogP contribution is 2.23. The van der Waals surface area contributed by atoms with Crippen LogP contribution in [0, 0.1) is 6.92 Å². The minimum Gasteiger partial charge on any atom is -0.322 e. The Kier molecular flexibility index (Phi) is 5.52. The molecule has 2 aromatic rings. The zero-order valence-corrected chi connectivity index (χ0v) is 16.0. The molecule has 0 radical (unpaired) electrons. The summed E-state index contributed by atoms with van der Waals surface area (Å²) in [5.74, 6) is 0.149. The number of benzene rings is 2. The van der Waals surface area contributed by atoms with Crippen molar-refractivity contribution in [3.05, 3.63) is 59.2 Å². The molecule has 25 heavy (non-hydrogen) atoms. The lowest BCUT2D eigenvalue weighted by Gasteiger charge is -2.19. The van der Waals surface area contributed by atoms with Crippen LogP contribution in [0.4, 0.5) is 11.4 Å². The van der Waals surface area contributed by atoms with Gasteiger partial charge in [0.15, 0.2) is 0 Å². The van der Waals surface area contributed by atoms with Gasteiger partial charge in [0.1, 0.15) is 0 Å². The molecule has 134 valence electrons. The number of sulfonamides is 1. The molecule has 0 aliphatic rings. The molecule has 0 fully saturated rings. The fourth-order valence-electron chi connectivity index (χ4n) is 2.42. The summed E-state index contributed by atoms with van der Waals surface area (Å²) in [4.78, 5) is 12.5. The number of aryl methyl sites for hydroxylation is 1. The third-order valence-corrected chi connectivity index (χ3v) is 5.33. The van der Waals surface area contributed by atoms with Gasteiger partial charge in [0.05, 0.1) is 11.9 Å². The van der Waals surface area contributed by atoms with E-state index in [0.29, 0.717) is 22.9 Å². The Morgan fingerprint density at radius 2 is 1.68 bits per heavy atom. The summed E-state index contributed by atoms with van der Waals surface area (Å²) < 4.78 is 24.7. The number of nitrogens with zero attached hydrogens (tertiary/aromatic N) is 1. The SMILES string of the molecule is Cc1ccc(C(=O)Nc2ccc(C(C)C)cc2)cc1N(C)S(C)(=O)=O. The van der Waals surface area contributed by atoms with Crippen LogP contribution in [-0.4, -0.2) is 27.6 Å². The van der Waals surface area contributed by atoms with Gasteiger partial charge >= 0.3 is 0 Å². The molecule has 1 amide bonds. The van der Waals surface area contributed by atoms with E-state index in [0.717, 1.165) is 11.8 Å². The van der Waals surface area contributed by atoms with Crippen LogP contribution >= 0.6 is 0 Å². The molecule has 5 nitrogen and oxygen atoms in total. The molecule has 6 heteroatoms. The molecule has 0 unspecified atom stereocenters. The molecule has 0 saturated heterocycles. The van der Waals surface area contributed by atoms with Crippen molar-refractivity contribution in [2.45, 2.75) is 26.7 Å². The molecular formula is C19H24N2O3S. The molecule has 0 aromatic heterocycles. The van der Waals surface area contributed by atoms with Crippen molar-refractivity contribution in [2.75, 3.05) is 22.9 Å². The molecule has 0 aliphatic carbocycles. The predicted octanol–water partition coefficient (Wildman–Crippen LogP) is 3.77. The number of nitrogens with one attached hydrogen (secondary N) is 1. The third kappa shape index (κ3) is 4.60. The van der Waals surface area contributed by atoms with E-state index in [4.69, 9.17) is 0 Å². The van der Waals surface area contributed by atoms with E-state index in [2.05, 4.69) is 19.2 Å². The van der Waals surface area contributed by atoms with Crippen LogP contribution in [0.3, 0.4) is 0 Å². The molecular weight excluding hydrogens is 336 g/mol. The predicted molar refractivity (Wildman–Crippen MR) is 103 cm³/mol. The first-order valence-corrected chi connectivity index (χ1v) is 9.90. The number of hydrogen-bond acceptors (Lipinski definition) is 3. The summed E-state index contributed by atoms with van der Waals surface area (Å²) >= 11 is 0. The van der Waals surface area contributed by atoms with Gasteiger partial charge in [-0.05, 0) is 48.2 Å². The molecule has 1 N–H and O–H groups in total. The minimum absolute atomic E-state index is 0.277. The van der Waals surface area contributed by atoms with Crippen LogP contribution in [0.15, 0.2) is 42.5 Å². The lowest BCUT2D eigenvalue weighted by Crippen LogP contribution is -2.26. The highest BCUT2D eigenvalue weighted by Gasteiger charge is 2.16. The highest BCUT2D eigenvalue weighted by atomic mass is 32.2. The largest absolute Gasteiger partial charge is 0.322 e. The molecule has 0 bridgehead atoms. The second kappa shape index (κ2) is 7.27. The number of rotatable bonds is 5. The maximum absolute atomic E-state index is 12.5. The van der Waals surface area contributed by atoms with E-state index >= 15 is 0 Å². The Hall–Kier alpha value is -2.34. The summed E-state index contributed by atoms with van der Waals surface area (Å²) in [5.41, 5.74) is 3.58. The maximum Gasteiger partial charge on any atom is 0.255 e. The first-order chi connectivity index (χ1) is 11.6. The second-order valence-electron chi connectivity index (χ2n) is 6.46. The third-order valence-electron chi connectivity index (χ3n) is 4.14. The van der Waals surface area contributed by atoms with Crippen LogP contribution in [0.1, 0.15) is 41.3 Å². The van der Waals surface area contributed by atoms with Crippen molar-refractivity contribution < 1.29 is 13.2 Å². The normalized spacial score (nSPS) is 11.4. The van der Waals surface area contributed by atoms with Crippen molar-refractivity contribution in [2.24, 2.45) is 0 Å². The first kappa shape index (κ1) is 19.0. The first-order valence-electron chi connectivity index (χ1n) is 8.05. The highest BCUT2D eigenvalue weighted by molar-refractivity contribution is 7.92. The van der Waals surface area contributed by atoms with E-state index in [1.165, 1.54) is 16.9 Å². The van der Waals surface area contributed by atoms with E-state index in [1.54, 1.807) is 18.2 Å². The van der Waals surface area contributed by atoms with Gasteiger partial charge in [0.2, 0.25) is 10.0 Å². The molecule has 2 rings (SSSR count). The van der Waals surface area contributed by atoms with Crippen molar-refractivity contribution in [1.82, 2.24) is 0 Å². The average molecular weight is 360 g/mol. The van der Waals surface area contributed by atoms with Crippen molar-refractivity contribution in [3.8, 4) is 0 Å². The number of amides is 1. The lowest BCUT2D eigenvalue weighted by atomic mass is 10.0. The van der Waals surface area contributed by atoms with Crippen molar-refractivity contribution >= 4 is 27.3 Å². The van der Waals surface area contributed by atoms with Crippen LogP contribution < -0.4 is 9.62 Å². The fourth-order valence-corrected chi connectivity index (χ4v) is 2.98. The van der Waals surface area contributed by atoms with Gasteiger partial charge in [-0.2, -0.15) is 0 Å². The summed E-state index contributed by atoms with van der Waals surface area (Å²) in [5, 5.41) is 2.84. The van der Waals surface area contributed by atoms with E-state index in [1.807, 2.05) is 31.2 Å². The summed E-state index contributed by atoms with van der Waals surface area (Å²) in [6.45, 7) is 6.03. The smallest absolute Gasteiger partial charge is 0.255 e. The molecule has 0 heterocycles. The summed E-state index contributed by atoms with van der Waals surface area (Å²) in [6.07, 6.45) is 1.13.